The molecule has 0 saturated carbocycles. The molecule has 12 nitrogen and oxygen atoms in total. The Morgan fingerprint density at radius 1 is 0.793 bits per heavy atom. The number of rotatable bonds is 8. The molecule has 1 saturated heterocycles. The average Bonchev–Trinajstić information content (AvgIpc) is 2.54. The highest BCUT2D eigenvalue weighted by Gasteiger charge is 2.25. The summed E-state index contributed by atoms with van der Waals surface area (Å²) in [7, 11) is -4.25. The predicted octanol–water partition coefficient (Wildman–Crippen LogP) is -1.87. The second-order valence-corrected chi connectivity index (χ2v) is 9.07. The van der Waals surface area contributed by atoms with Crippen molar-refractivity contribution in [2.24, 2.45) is 11.7 Å². The summed E-state index contributed by atoms with van der Waals surface area (Å²) in [5.74, 6) is -2.93. The van der Waals surface area contributed by atoms with Crippen LogP contribution in [0.5, 0.6) is 0 Å². The summed E-state index contributed by atoms with van der Waals surface area (Å²) in [6.07, 6.45) is 0.462. The number of nitrogens with zero attached hydrogens (tertiary/aromatic N) is 3. The quantitative estimate of drug-likeness (QED) is 0.268. The number of carboxylic acid groups (broad SMARTS) is 2. The Balaban J connectivity index is 2.95. The number of hydrogen-bond acceptors (Lipinski definition) is 7. The van der Waals surface area contributed by atoms with Crippen molar-refractivity contribution in [1.82, 2.24) is 14.7 Å². The Labute approximate surface area is 169 Å². The monoisotopic (exact) mass is 438 g/mol. The third kappa shape index (κ3) is 12.6. The van der Waals surface area contributed by atoms with E-state index in [0.717, 1.165) is 0 Å². The molecule has 1 fully saturated rings. The highest BCUT2D eigenvalue weighted by Crippen LogP contribution is 2.38. The van der Waals surface area contributed by atoms with Gasteiger partial charge in [-0.05, 0) is 31.8 Å². The molecule has 1 atom stereocenters. The Morgan fingerprint density at radius 3 is 1.52 bits per heavy atom. The lowest BCUT2D eigenvalue weighted by atomic mass is 10.0. The van der Waals surface area contributed by atoms with Crippen molar-refractivity contribution in [2.75, 3.05) is 65.1 Å². The molecule has 29 heavy (non-hydrogen) atoms. The minimum absolute atomic E-state index is 0.0331. The topological polar surface area (TPSA) is 185 Å². The molecule has 13 heteroatoms. The van der Waals surface area contributed by atoms with E-state index < -0.39 is 25.4 Å². The molecule has 0 aromatic rings. The van der Waals surface area contributed by atoms with E-state index in [1.165, 1.54) is 0 Å². The highest BCUT2D eigenvalue weighted by molar-refractivity contribution is 7.51. The van der Waals surface area contributed by atoms with Crippen molar-refractivity contribution in [2.45, 2.75) is 12.8 Å². The molecule has 0 aromatic heterocycles. The molecule has 1 unspecified atom stereocenters. The summed E-state index contributed by atoms with van der Waals surface area (Å²) >= 11 is 0. The molecule has 0 radical (unpaired) electrons. The Kier molecular flexibility index (Phi) is 10.7. The minimum Gasteiger partial charge on any atom is -0.480 e. The Hall–Kier alpha value is -1.56. The standard InChI is InChI=1S/C16H31N4O8P/c17-14(21)9-18-3-1-13(12-29(26,27)28)2-4-19(10-15(22)23)6-8-20(7-5-18)11-16(24)25/h13H,1-12H2,(H2,17,21)(H,22,23)(H,24,25)(H2,26,27,28). The second-order valence-electron chi connectivity index (χ2n) is 7.37. The van der Waals surface area contributed by atoms with Gasteiger partial charge in [0.05, 0.1) is 25.8 Å². The first-order valence-electron chi connectivity index (χ1n) is 9.38. The fourth-order valence-electron chi connectivity index (χ4n) is 3.37. The first-order chi connectivity index (χ1) is 13.4. The first kappa shape index (κ1) is 25.5. The van der Waals surface area contributed by atoms with Crippen LogP contribution in [0.4, 0.5) is 0 Å². The number of nitrogens with two attached hydrogens (primary N) is 1. The Morgan fingerprint density at radius 2 is 1.17 bits per heavy atom. The van der Waals surface area contributed by atoms with Crippen LogP contribution in [-0.4, -0.2) is 118 Å². The maximum absolute atomic E-state index is 11.5. The maximum atomic E-state index is 11.5. The zero-order valence-corrected chi connectivity index (χ0v) is 17.2. The largest absolute Gasteiger partial charge is 0.480 e. The van der Waals surface area contributed by atoms with E-state index in [0.29, 0.717) is 52.1 Å². The van der Waals surface area contributed by atoms with Gasteiger partial charge < -0.3 is 25.7 Å². The van der Waals surface area contributed by atoms with Crippen molar-refractivity contribution in [3.8, 4) is 0 Å². The Bertz CT molecular complexity index is 582. The van der Waals surface area contributed by atoms with E-state index in [1.807, 2.05) is 0 Å². The summed E-state index contributed by atoms with van der Waals surface area (Å²) in [5.41, 5.74) is 5.28. The van der Waals surface area contributed by atoms with Crippen LogP contribution >= 0.6 is 7.60 Å². The zero-order chi connectivity index (χ0) is 22.0. The molecule has 1 amide bonds. The van der Waals surface area contributed by atoms with Gasteiger partial charge >= 0.3 is 19.5 Å². The third-order valence-electron chi connectivity index (χ3n) is 4.77. The van der Waals surface area contributed by atoms with Gasteiger partial charge in [0.25, 0.3) is 0 Å². The van der Waals surface area contributed by atoms with Crippen molar-refractivity contribution in [3.05, 3.63) is 0 Å². The summed E-state index contributed by atoms with van der Waals surface area (Å²) in [5, 5.41) is 18.2. The van der Waals surface area contributed by atoms with Crippen LogP contribution in [0.2, 0.25) is 0 Å². The molecular formula is C16H31N4O8P. The van der Waals surface area contributed by atoms with Crippen molar-refractivity contribution >= 4 is 25.4 Å². The second kappa shape index (κ2) is 12.2. The van der Waals surface area contributed by atoms with E-state index in [2.05, 4.69) is 0 Å². The maximum Gasteiger partial charge on any atom is 0.325 e. The molecule has 0 spiro atoms. The summed E-state index contributed by atoms with van der Waals surface area (Å²) in [4.78, 5) is 57.4. The van der Waals surface area contributed by atoms with Gasteiger partial charge in [-0.3, -0.25) is 33.6 Å². The number of carboxylic acids is 2. The lowest BCUT2D eigenvalue weighted by Gasteiger charge is -2.31. The van der Waals surface area contributed by atoms with E-state index in [1.54, 1.807) is 14.7 Å². The molecule has 0 aliphatic carbocycles. The van der Waals surface area contributed by atoms with E-state index in [-0.39, 0.29) is 31.7 Å². The molecule has 1 heterocycles. The van der Waals surface area contributed by atoms with Crippen LogP contribution in [0.3, 0.4) is 0 Å². The number of hydrogen-bond donors (Lipinski definition) is 5. The fourth-order valence-corrected chi connectivity index (χ4v) is 4.41. The van der Waals surface area contributed by atoms with Crippen LogP contribution in [-0.2, 0) is 18.9 Å². The number of amides is 1. The van der Waals surface area contributed by atoms with Crippen molar-refractivity contribution in [1.29, 1.82) is 0 Å². The van der Waals surface area contributed by atoms with Gasteiger partial charge in [-0.15, -0.1) is 0 Å². The summed E-state index contributed by atoms with van der Waals surface area (Å²) < 4.78 is 11.5. The molecule has 1 aliphatic rings. The number of carbonyl (C=O) groups excluding carboxylic acids is 1. The first-order valence-corrected chi connectivity index (χ1v) is 11.2. The smallest absolute Gasteiger partial charge is 0.325 e. The van der Waals surface area contributed by atoms with Crippen LogP contribution in [0, 0.1) is 5.92 Å². The van der Waals surface area contributed by atoms with E-state index in [4.69, 9.17) is 15.9 Å². The van der Waals surface area contributed by atoms with Gasteiger partial charge in [0.2, 0.25) is 5.91 Å². The SMILES string of the molecule is NC(=O)CN1CCC(CP(=O)(O)O)CCN(CC(=O)O)CCN(CC(=O)O)CC1. The fraction of sp³-hybridized carbons (Fsp3) is 0.812. The van der Waals surface area contributed by atoms with Crippen molar-refractivity contribution < 1.29 is 38.9 Å². The number of primary amides is 1. The molecule has 168 valence electrons. The van der Waals surface area contributed by atoms with Crippen LogP contribution in [0.15, 0.2) is 0 Å². The van der Waals surface area contributed by atoms with Gasteiger partial charge in [-0.2, -0.15) is 0 Å². The summed E-state index contributed by atoms with van der Waals surface area (Å²) in [6, 6.07) is 0. The molecule has 1 rings (SSSR count). The average molecular weight is 438 g/mol. The molecule has 0 bridgehead atoms. The van der Waals surface area contributed by atoms with Crippen LogP contribution < -0.4 is 5.73 Å². The van der Waals surface area contributed by atoms with E-state index in [9.17, 15) is 28.7 Å². The molecule has 1 aliphatic heterocycles. The van der Waals surface area contributed by atoms with Gasteiger partial charge in [0.1, 0.15) is 0 Å². The normalized spacial score (nSPS) is 21.8. The van der Waals surface area contributed by atoms with Crippen molar-refractivity contribution in [3.63, 3.8) is 0 Å². The van der Waals surface area contributed by atoms with Crippen LogP contribution in [0.25, 0.3) is 0 Å². The van der Waals surface area contributed by atoms with Crippen LogP contribution in [0.1, 0.15) is 12.8 Å². The minimum atomic E-state index is -4.25. The lowest BCUT2D eigenvalue weighted by Crippen LogP contribution is -2.45. The highest BCUT2D eigenvalue weighted by atomic mass is 31.2. The van der Waals surface area contributed by atoms with Gasteiger partial charge in [0.15, 0.2) is 0 Å². The summed E-state index contributed by atoms with van der Waals surface area (Å²) in [6.45, 7) is 1.51. The zero-order valence-electron chi connectivity index (χ0n) is 16.4. The molecular weight excluding hydrogens is 407 g/mol. The van der Waals surface area contributed by atoms with Gasteiger partial charge in [0, 0.05) is 26.2 Å². The lowest BCUT2D eigenvalue weighted by molar-refractivity contribution is -0.140. The van der Waals surface area contributed by atoms with Gasteiger partial charge in [-0.1, -0.05) is 0 Å². The predicted molar refractivity (Wildman–Crippen MR) is 103 cm³/mol. The number of aliphatic carboxylic acids is 2. The molecule has 0 aromatic carbocycles. The third-order valence-corrected chi connectivity index (χ3v) is 5.76. The number of carbonyl (C=O) groups is 3. The van der Waals surface area contributed by atoms with Gasteiger partial charge in [-0.25, -0.2) is 0 Å². The van der Waals surface area contributed by atoms with E-state index >= 15 is 0 Å². The molecule has 6 N–H and O–H groups in total.